The Labute approximate surface area is 119 Å². The Morgan fingerprint density at radius 1 is 1.30 bits per heavy atom. The predicted molar refractivity (Wildman–Crippen MR) is 83.7 cm³/mol. The monoisotopic (exact) mass is 271 g/mol. The zero-order valence-electron chi connectivity index (χ0n) is 12.1. The van der Waals surface area contributed by atoms with Crippen molar-refractivity contribution in [3.8, 4) is 0 Å². The topological polar surface area (TPSA) is 101 Å². The number of aromatic nitrogens is 1. The molecule has 106 valence electrons. The summed E-state index contributed by atoms with van der Waals surface area (Å²) >= 11 is 0. The molecule has 1 aliphatic rings. The highest BCUT2D eigenvalue weighted by Gasteiger charge is 2.12. The van der Waals surface area contributed by atoms with E-state index in [1.54, 1.807) is 24.6 Å². The van der Waals surface area contributed by atoms with E-state index in [-0.39, 0.29) is 0 Å². The fourth-order valence-corrected chi connectivity index (χ4v) is 1.68. The molecule has 0 atom stereocenters. The molecule has 0 spiro atoms. The summed E-state index contributed by atoms with van der Waals surface area (Å²) in [6.45, 7) is 5.88. The van der Waals surface area contributed by atoms with E-state index in [2.05, 4.69) is 9.98 Å². The van der Waals surface area contributed by atoms with Gasteiger partial charge in [0.25, 0.3) is 0 Å². The number of hydrogen-bond donors (Lipinski definition) is 3. The van der Waals surface area contributed by atoms with Crippen molar-refractivity contribution < 1.29 is 0 Å². The van der Waals surface area contributed by atoms with Gasteiger partial charge in [-0.25, -0.2) is 4.99 Å². The molecule has 2 rings (SSSR count). The first kappa shape index (κ1) is 15.6. The maximum atomic E-state index is 8.19. The molecule has 0 unspecified atom stereocenters. The van der Waals surface area contributed by atoms with Gasteiger partial charge in [0.05, 0.1) is 5.71 Å². The molecule has 0 saturated heterocycles. The van der Waals surface area contributed by atoms with Crippen LogP contribution >= 0.6 is 0 Å². The van der Waals surface area contributed by atoms with E-state index in [4.69, 9.17) is 16.9 Å². The van der Waals surface area contributed by atoms with E-state index < -0.39 is 0 Å². The average molecular weight is 271 g/mol. The van der Waals surface area contributed by atoms with Gasteiger partial charge in [-0.3, -0.25) is 10.4 Å². The number of aliphatic imine (C=N–C) groups is 1. The van der Waals surface area contributed by atoms with Gasteiger partial charge in [-0.1, -0.05) is 13.8 Å². The molecule has 0 aromatic carbocycles. The van der Waals surface area contributed by atoms with E-state index in [0.717, 1.165) is 11.3 Å². The summed E-state index contributed by atoms with van der Waals surface area (Å²) in [6.07, 6.45) is 5.47. The number of aryl methyl sites for hydroxylation is 1. The van der Waals surface area contributed by atoms with Crippen molar-refractivity contribution in [1.29, 1.82) is 5.41 Å². The van der Waals surface area contributed by atoms with E-state index in [1.165, 1.54) is 0 Å². The lowest BCUT2D eigenvalue weighted by Crippen LogP contribution is -2.12. The van der Waals surface area contributed by atoms with Crippen LogP contribution in [0.3, 0.4) is 0 Å². The Morgan fingerprint density at radius 3 is 2.65 bits per heavy atom. The van der Waals surface area contributed by atoms with Crippen molar-refractivity contribution in [1.82, 2.24) is 4.98 Å². The number of nitrogens with one attached hydrogen (secondary N) is 1. The molecule has 1 aromatic rings. The van der Waals surface area contributed by atoms with Crippen LogP contribution in [0.1, 0.15) is 31.5 Å². The number of nitrogens with two attached hydrogens (primary N) is 2. The summed E-state index contributed by atoms with van der Waals surface area (Å²) < 4.78 is 0. The van der Waals surface area contributed by atoms with Crippen molar-refractivity contribution >= 4 is 11.9 Å². The van der Waals surface area contributed by atoms with E-state index >= 15 is 0 Å². The molecule has 0 radical (unpaired) electrons. The highest BCUT2D eigenvalue weighted by Crippen LogP contribution is 2.14. The Kier molecular flexibility index (Phi) is 5.65. The molecule has 5 heteroatoms. The Morgan fingerprint density at radius 2 is 2.00 bits per heavy atom. The van der Waals surface area contributed by atoms with E-state index in [0.29, 0.717) is 29.2 Å². The fraction of sp³-hybridized carbons (Fsp3) is 0.267. The minimum Gasteiger partial charge on any atom is -0.401 e. The van der Waals surface area contributed by atoms with E-state index in [1.807, 2.05) is 26.8 Å². The highest BCUT2D eigenvalue weighted by molar-refractivity contribution is 6.23. The zero-order valence-corrected chi connectivity index (χ0v) is 12.1. The van der Waals surface area contributed by atoms with Gasteiger partial charge in [-0.05, 0) is 25.1 Å². The van der Waals surface area contributed by atoms with Crippen LogP contribution in [0.15, 0.2) is 46.5 Å². The van der Waals surface area contributed by atoms with Gasteiger partial charge in [0.2, 0.25) is 0 Å². The Balaban J connectivity index is 0.000000956. The number of nitrogens with zero attached hydrogens (tertiary/aromatic N) is 2. The summed E-state index contributed by atoms with van der Waals surface area (Å²) in [6, 6.07) is 3.63. The first-order chi connectivity index (χ1) is 9.58. The zero-order chi connectivity index (χ0) is 15.1. The van der Waals surface area contributed by atoms with Gasteiger partial charge >= 0.3 is 0 Å². The predicted octanol–water partition coefficient (Wildman–Crippen LogP) is 2.27. The van der Waals surface area contributed by atoms with Crippen molar-refractivity contribution in [2.75, 3.05) is 0 Å². The molecule has 5 nitrogen and oxygen atoms in total. The molecule has 1 aromatic heterocycles. The average Bonchev–Trinajstić information content (AvgIpc) is 2.63. The lowest BCUT2D eigenvalue weighted by Gasteiger charge is -2.08. The van der Waals surface area contributed by atoms with Gasteiger partial charge < -0.3 is 11.5 Å². The first-order valence-corrected chi connectivity index (χ1v) is 6.58. The van der Waals surface area contributed by atoms with Crippen molar-refractivity contribution in [3.05, 3.63) is 52.8 Å². The number of hydrogen-bond acceptors (Lipinski definition) is 5. The molecule has 2 heterocycles. The van der Waals surface area contributed by atoms with Gasteiger partial charge in [-0.2, -0.15) is 0 Å². The second kappa shape index (κ2) is 7.23. The summed E-state index contributed by atoms with van der Waals surface area (Å²) in [5.74, 6) is 0.423. The summed E-state index contributed by atoms with van der Waals surface area (Å²) in [5.41, 5.74) is 14.7. The van der Waals surface area contributed by atoms with Crippen LogP contribution in [0.25, 0.3) is 0 Å². The molecule has 0 aliphatic carbocycles. The molecule has 5 N–H and O–H groups in total. The first-order valence-electron chi connectivity index (χ1n) is 6.58. The van der Waals surface area contributed by atoms with Crippen LogP contribution < -0.4 is 11.5 Å². The number of pyridine rings is 1. The van der Waals surface area contributed by atoms with Crippen molar-refractivity contribution in [2.45, 2.75) is 27.2 Å². The second-order valence-electron chi connectivity index (χ2n) is 4.09. The minimum absolute atomic E-state index is 0.338. The largest absolute Gasteiger partial charge is 0.401 e. The standard InChI is InChI=1S/C13H15N5.C2H6/c1-8-6-9(4-5-17-8)13(16)10-7-18-12(15)3-2-11(10)14;1-2/h3-7,16H,2,14-15H2,1H3;1-2H3. The quantitative estimate of drug-likeness (QED) is 0.719. The number of allylic oxidation sites excluding steroid dienone is 2. The Hall–Kier alpha value is -2.43. The van der Waals surface area contributed by atoms with Crippen LogP contribution in [0.5, 0.6) is 0 Å². The third kappa shape index (κ3) is 3.78. The van der Waals surface area contributed by atoms with Crippen LogP contribution in [0.4, 0.5) is 0 Å². The molecule has 0 amide bonds. The fourth-order valence-electron chi connectivity index (χ4n) is 1.68. The Bertz CT molecular complexity index is 582. The van der Waals surface area contributed by atoms with Gasteiger partial charge in [0, 0.05) is 41.4 Å². The SMILES string of the molecule is CC.Cc1cc(C(=N)C2=C(N)CC=C(N)N=C2)ccn1. The molecule has 1 aliphatic heterocycles. The van der Waals surface area contributed by atoms with Crippen molar-refractivity contribution in [2.24, 2.45) is 16.5 Å². The molecule has 0 bridgehead atoms. The van der Waals surface area contributed by atoms with Gasteiger partial charge in [-0.15, -0.1) is 0 Å². The second-order valence-corrected chi connectivity index (χ2v) is 4.09. The van der Waals surface area contributed by atoms with Crippen LogP contribution in [-0.4, -0.2) is 16.9 Å². The van der Waals surface area contributed by atoms with Gasteiger partial charge in [0.1, 0.15) is 5.82 Å². The van der Waals surface area contributed by atoms with Crippen LogP contribution in [0.2, 0.25) is 0 Å². The number of rotatable bonds is 2. The molecular weight excluding hydrogens is 250 g/mol. The van der Waals surface area contributed by atoms with Crippen LogP contribution in [-0.2, 0) is 0 Å². The molecule has 0 saturated carbocycles. The lowest BCUT2D eigenvalue weighted by molar-refractivity contribution is 1.12. The van der Waals surface area contributed by atoms with Gasteiger partial charge in [0.15, 0.2) is 0 Å². The van der Waals surface area contributed by atoms with E-state index in [9.17, 15) is 0 Å². The lowest BCUT2D eigenvalue weighted by atomic mass is 10.0. The maximum absolute atomic E-state index is 8.19. The highest BCUT2D eigenvalue weighted by atomic mass is 14.9. The summed E-state index contributed by atoms with van der Waals surface area (Å²) in [5, 5.41) is 8.19. The normalized spacial score (nSPS) is 14.1. The maximum Gasteiger partial charge on any atom is 0.119 e. The van der Waals surface area contributed by atoms with Crippen molar-refractivity contribution in [3.63, 3.8) is 0 Å². The smallest absolute Gasteiger partial charge is 0.119 e. The summed E-state index contributed by atoms with van der Waals surface area (Å²) in [4.78, 5) is 8.15. The molecular formula is C15H21N5. The third-order valence-electron chi connectivity index (χ3n) is 2.67. The summed E-state index contributed by atoms with van der Waals surface area (Å²) in [7, 11) is 0. The molecule has 20 heavy (non-hydrogen) atoms. The van der Waals surface area contributed by atoms with Crippen LogP contribution in [0, 0.1) is 12.3 Å². The minimum atomic E-state index is 0.338. The third-order valence-corrected chi connectivity index (χ3v) is 2.67. The molecule has 0 fully saturated rings.